The molecule has 3 N–H and O–H groups in total. The molecule has 1 aromatic heterocycles. The fourth-order valence-electron chi connectivity index (χ4n) is 3.61. The number of amides is 2. The number of benzene rings is 3. The molecule has 168 valence electrons. The third kappa shape index (κ3) is 5.77. The second-order valence-electron chi connectivity index (χ2n) is 7.83. The van der Waals surface area contributed by atoms with Crippen molar-refractivity contribution in [1.29, 1.82) is 0 Å². The van der Waals surface area contributed by atoms with E-state index in [-0.39, 0.29) is 11.8 Å². The summed E-state index contributed by atoms with van der Waals surface area (Å²) in [4.78, 5) is 31.7. The van der Waals surface area contributed by atoms with E-state index in [0.717, 1.165) is 52.3 Å². The molecule has 0 aliphatic carbocycles. The number of methoxy groups -OCH3 is 1. The number of hydrogen-bond donors (Lipinski definition) is 3. The van der Waals surface area contributed by atoms with Crippen LogP contribution < -0.4 is 15.4 Å². The van der Waals surface area contributed by atoms with Crippen molar-refractivity contribution in [1.82, 2.24) is 15.3 Å². The molecule has 4 rings (SSSR count). The summed E-state index contributed by atoms with van der Waals surface area (Å²) in [6, 6.07) is 20.9. The molecule has 0 aliphatic rings. The number of H-pyrrole nitrogens is 1. The van der Waals surface area contributed by atoms with Crippen LogP contribution in [0.5, 0.6) is 5.75 Å². The smallest absolute Gasteiger partial charge is 0.251 e. The number of carbonyl (C=O) groups is 2. The van der Waals surface area contributed by atoms with Crippen LogP contribution in [0.4, 0.5) is 5.69 Å². The van der Waals surface area contributed by atoms with Crippen LogP contribution in [0.1, 0.15) is 34.2 Å². The van der Waals surface area contributed by atoms with Crippen molar-refractivity contribution in [3.05, 3.63) is 89.2 Å². The maximum Gasteiger partial charge on any atom is 0.251 e. The van der Waals surface area contributed by atoms with Gasteiger partial charge in [-0.05, 0) is 60.0 Å². The summed E-state index contributed by atoms with van der Waals surface area (Å²) in [6.45, 7) is 1.91. The number of aromatic nitrogens is 2. The van der Waals surface area contributed by atoms with E-state index in [9.17, 15) is 9.59 Å². The van der Waals surface area contributed by atoms with Crippen LogP contribution in [-0.2, 0) is 24.2 Å². The van der Waals surface area contributed by atoms with Gasteiger partial charge < -0.3 is 20.4 Å². The van der Waals surface area contributed by atoms with Crippen molar-refractivity contribution < 1.29 is 14.3 Å². The van der Waals surface area contributed by atoms with Gasteiger partial charge in [0.1, 0.15) is 11.6 Å². The molecule has 0 bridgehead atoms. The number of anilines is 1. The van der Waals surface area contributed by atoms with E-state index in [1.807, 2.05) is 60.7 Å². The molecule has 0 saturated heterocycles. The van der Waals surface area contributed by atoms with Crippen molar-refractivity contribution in [2.24, 2.45) is 0 Å². The summed E-state index contributed by atoms with van der Waals surface area (Å²) in [5, 5.41) is 5.71. The normalized spacial score (nSPS) is 10.7. The molecule has 0 fully saturated rings. The molecule has 0 atom stereocenters. The monoisotopic (exact) mass is 442 g/mol. The number of imidazole rings is 1. The lowest BCUT2D eigenvalue weighted by Crippen LogP contribution is -2.22. The first-order chi connectivity index (χ1) is 16.0. The van der Waals surface area contributed by atoms with Gasteiger partial charge in [-0.3, -0.25) is 9.59 Å². The number of hydrogen-bond acceptors (Lipinski definition) is 4. The largest absolute Gasteiger partial charge is 0.497 e. The molecule has 0 radical (unpaired) electrons. The lowest BCUT2D eigenvalue weighted by Gasteiger charge is -2.07. The number of nitrogens with one attached hydrogen (secondary N) is 3. The number of aryl methyl sites for hydroxylation is 2. The van der Waals surface area contributed by atoms with Crippen LogP contribution in [-0.4, -0.2) is 28.9 Å². The Balaban J connectivity index is 1.37. The minimum atomic E-state index is -0.143. The van der Waals surface area contributed by atoms with Gasteiger partial charge in [-0.15, -0.1) is 0 Å². The minimum Gasteiger partial charge on any atom is -0.497 e. The Morgan fingerprint density at radius 3 is 2.55 bits per heavy atom. The van der Waals surface area contributed by atoms with E-state index in [2.05, 4.69) is 20.6 Å². The summed E-state index contributed by atoms with van der Waals surface area (Å²) >= 11 is 0. The second kappa shape index (κ2) is 9.99. The zero-order chi connectivity index (χ0) is 23.2. The number of ether oxygens (including phenoxy) is 1. The molecule has 2 amide bonds. The zero-order valence-electron chi connectivity index (χ0n) is 18.6. The number of rotatable bonds is 8. The molecule has 7 heteroatoms. The van der Waals surface area contributed by atoms with E-state index in [1.54, 1.807) is 13.2 Å². The highest BCUT2D eigenvalue weighted by molar-refractivity contribution is 5.97. The van der Waals surface area contributed by atoms with Crippen LogP contribution in [0, 0.1) is 0 Å². The van der Waals surface area contributed by atoms with Crippen LogP contribution >= 0.6 is 0 Å². The van der Waals surface area contributed by atoms with Crippen molar-refractivity contribution in [2.75, 3.05) is 12.4 Å². The predicted octanol–water partition coefficient (Wildman–Crippen LogP) is 4.25. The van der Waals surface area contributed by atoms with Crippen molar-refractivity contribution in [3.8, 4) is 5.75 Å². The average molecular weight is 443 g/mol. The third-order valence-electron chi connectivity index (χ3n) is 5.31. The predicted molar refractivity (Wildman–Crippen MR) is 128 cm³/mol. The summed E-state index contributed by atoms with van der Waals surface area (Å²) in [5.41, 5.74) is 5.15. The van der Waals surface area contributed by atoms with E-state index in [0.29, 0.717) is 12.1 Å². The van der Waals surface area contributed by atoms with Gasteiger partial charge in [0, 0.05) is 31.1 Å². The van der Waals surface area contributed by atoms with Crippen molar-refractivity contribution in [2.45, 2.75) is 26.3 Å². The van der Waals surface area contributed by atoms with Gasteiger partial charge in [0.05, 0.1) is 18.1 Å². The van der Waals surface area contributed by atoms with Gasteiger partial charge in [0.25, 0.3) is 5.91 Å². The van der Waals surface area contributed by atoms with Crippen molar-refractivity contribution >= 4 is 28.5 Å². The highest BCUT2D eigenvalue weighted by Crippen LogP contribution is 2.17. The summed E-state index contributed by atoms with van der Waals surface area (Å²) in [6.07, 6.45) is 1.56. The third-order valence-corrected chi connectivity index (χ3v) is 5.31. The molecule has 7 nitrogen and oxygen atoms in total. The Morgan fingerprint density at radius 1 is 0.970 bits per heavy atom. The van der Waals surface area contributed by atoms with Gasteiger partial charge in [-0.2, -0.15) is 0 Å². The van der Waals surface area contributed by atoms with Crippen LogP contribution in [0.2, 0.25) is 0 Å². The molecule has 0 aliphatic heterocycles. The van der Waals surface area contributed by atoms with E-state index >= 15 is 0 Å². The Morgan fingerprint density at radius 2 is 1.79 bits per heavy atom. The first-order valence-corrected chi connectivity index (χ1v) is 10.8. The highest BCUT2D eigenvalue weighted by atomic mass is 16.5. The first kappa shape index (κ1) is 22.1. The summed E-state index contributed by atoms with van der Waals surface area (Å²) in [7, 11) is 1.62. The number of nitrogens with zero attached hydrogens (tertiary/aromatic N) is 1. The topological polar surface area (TPSA) is 96.1 Å². The zero-order valence-corrected chi connectivity index (χ0v) is 18.6. The Bertz CT molecular complexity index is 1280. The quantitative estimate of drug-likeness (QED) is 0.380. The molecular formula is C26H26N4O3. The molecule has 0 spiro atoms. The lowest BCUT2D eigenvalue weighted by molar-refractivity contribution is -0.114. The van der Waals surface area contributed by atoms with Crippen LogP contribution in [0.25, 0.3) is 11.0 Å². The second-order valence-corrected chi connectivity index (χ2v) is 7.83. The Kier molecular flexibility index (Phi) is 6.69. The van der Waals surface area contributed by atoms with Crippen molar-refractivity contribution in [3.63, 3.8) is 0 Å². The van der Waals surface area contributed by atoms with Crippen LogP contribution in [0.15, 0.2) is 66.7 Å². The molecule has 0 unspecified atom stereocenters. The fourth-order valence-corrected chi connectivity index (χ4v) is 3.61. The van der Waals surface area contributed by atoms with Gasteiger partial charge in [0.15, 0.2) is 0 Å². The van der Waals surface area contributed by atoms with E-state index < -0.39 is 0 Å². The fraction of sp³-hybridized carbons (Fsp3) is 0.192. The van der Waals surface area contributed by atoms with E-state index in [1.165, 1.54) is 6.92 Å². The van der Waals surface area contributed by atoms with Gasteiger partial charge >= 0.3 is 0 Å². The summed E-state index contributed by atoms with van der Waals surface area (Å²) < 4.78 is 5.22. The molecule has 4 aromatic rings. The lowest BCUT2D eigenvalue weighted by atomic mass is 10.1. The molecular weight excluding hydrogens is 416 g/mol. The maximum absolute atomic E-state index is 12.6. The standard InChI is InChI=1S/C26H26N4O3/c1-17(31)28-21-10-6-18(7-11-21)8-13-25-29-23-12-9-20(15-24(23)30-25)26(32)27-16-19-4-3-5-22(14-19)33-2/h3-7,9-12,14-15H,8,13,16H2,1-2H3,(H,27,32)(H,28,31)(H,29,30). The minimum absolute atomic E-state index is 0.0848. The molecule has 0 saturated carbocycles. The SMILES string of the molecule is COc1cccc(CNC(=O)c2ccc3nc(CCc4ccc(NC(C)=O)cc4)[nH]c3c2)c1. The van der Waals surface area contributed by atoms with Gasteiger partial charge in [0.2, 0.25) is 5.91 Å². The number of carbonyl (C=O) groups excluding carboxylic acids is 2. The Hall–Kier alpha value is -4.13. The number of fused-ring (bicyclic) bond motifs is 1. The molecule has 33 heavy (non-hydrogen) atoms. The molecule has 1 heterocycles. The van der Waals surface area contributed by atoms with Gasteiger partial charge in [-0.1, -0.05) is 24.3 Å². The van der Waals surface area contributed by atoms with Gasteiger partial charge in [-0.25, -0.2) is 4.98 Å². The molecule has 3 aromatic carbocycles. The average Bonchev–Trinajstić information content (AvgIpc) is 3.24. The maximum atomic E-state index is 12.6. The highest BCUT2D eigenvalue weighted by Gasteiger charge is 2.10. The van der Waals surface area contributed by atoms with E-state index in [4.69, 9.17) is 4.74 Å². The first-order valence-electron chi connectivity index (χ1n) is 10.8. The Labute approximate surface area is 192 Å². The number of aromatic amines is 1. The summed E-state index contributed by atoms with van der Waals surface area (Å²) in [5.74, 6) is 1.40. The van der Waals surface area contributed by atoms with Crippen LogP contribution in [0.3, 0.4) is 0 Å².